The van der Waals surface area contributed by atoms with Gasteiger partial charge in [-0.2, -0.15) is 0 Å². The molecule has 2 N–H and O–H groups in total. The first-order chi connectivity index (χ1) is 12.1. The second kappa shape index (κ2) is 7.17. The zero-order valence-electron chi connectivity index (χ0n) is 14.2. The number of pyridine rings is 1. The Kier molecular flexibility index (Phi) is 4.79. The SMILES string of the molecule is CCCn1cc(C(=O)Nc2ccc(NC(C)=O)cc2)c2cccnc21. The molecule has 128 valence electrons. The van der Waals surface area contributed by atoms with Crippen molar-refractivity contribution in [3.05, 3.63) is 54.4 Å². The Morgan fingerprint density at radius 1 is 1.08 bits per heavy atom. The molecule has 0 aliphatic heterocycles. The topological polar surface area (TPSA) is 76.0 Å². The van der Waals surface area contributed by atoms with Gasteiger partial charge < -0.3 is 15.2 Å². The minimum absolute atomic E-state index is 0.131. The summed E-state index contributed by atoms with van der Waals surface area (Å²) in [7, 11) is 0. The van der Waals surface area contributed by atoms with Crippen LogP contribution in [0.5, 0.6) is 0 Å². The van der Waals surface area contributed by atoms with E-state index in [1.807, 2.05) is 22.9 Å². The van der Waals surface area contributed by atoms with E-state index in [2.05, 4.69) is 22.5 Å². The Hall–Kier alpha value is -3.15. The fraction of sp³-hybridized carbons (Fsp3) is 0.211. The number of nitrogens with zero attached hydrogens (tertiary/aromatic N) is 2. The van der Waals surface area contributed by atoms with E-state index in [9.17, 15) is 9.59 Å². The predicted octanol–water partition coefficient (Wildman–Crippen LogP) is 3.66. The monoisotopic (exact) mass is 336 g/mol. The van der Waals surface area contributed by atoms with E-state index in [4.69, 9.17) is 0 Å². The summed E-state index contributed by atoms with van der Waals surface area (Å²) in [5.41, 5.74) is 2.77. The zero-order chi connectivity index (χ0) is 17.8. The van der Waals surface area contributed by atoms with Crippen LogP contribution in [0.2, 0.25) is 0 Å². The lowest BCUT2D eigenvalue weighted by Crippen LogP contribution is -2.12. The maximum Gasteiger partial charge on any atom is 0.257 e. The smallest absolute Gasteiger partial charge is 0.257 e. The number of benzene rings is 1. The maximum atomic E-state index is 12.7. The van der Waals surface area contributed by atoms with Gasteiger partial charge in [-0.1, -0.05) is 6.92 Å². The number of hydrogen-bond donors (Lipinski definition) is 2. The molecule has 0 bridgehead atoms. The van der Waals surface area contributed by atoms with Gasteiger partial charge in [-0.05, 0) is 42.8 Å². The largest absolute Gasteiger partial charge is 0.332 e. The van der Waals surface area contributed by atoms with Crippen molar-refractivity contribution >= 4 is 34.2 Å². The van der Waals surface area contributed by atoms with Crippen molar-refractivity contribution in [3.63, 3.8) is 0 Å². The van der Waals surface area contributed by atoms with Crippen molar-refractivity contribution in [1.29, 1.82) is 0 Å². The van der Waals surface area contributed by atoms with E-state index in [1.165, 1.54) is 6.92 Å². The third-order valence-corrected chi connectivity index (χ3v) is 3.81. The molecule has 3 rings (SSSR count). The van der Waals surface area contributed by atoms with Gasteiger partial charge in [0.05, 0.1) is 5.56 Å². The molecule has 6 heteroatoms. The summed E-state index contributed by atoms with van der Waals surface area (Å²) >= 11 is 0. The van der Waals surface area contributed by atoms with Crippen LogP contribution in [0.3, 0.4) is 0 Å². The van der Waals surface area contributed by atoms with Crippen LogP contribution >= 0.6 is 0 Å². The number of carbonyl (C=O) groups excluding carboxylic acids is 2. The van der Waals surface area contributed by atoms with Crippen LogP contribution in [0.1, 0.15) is 30.6 Å². The van der Waals surface area contributed by atoms with E-state index in [0.717, 1.165) is 24.0 Å². The molecule has 0 aliphatic rings. The van der Waals surface area contributed by atoms with Crippen molar-refractivity contribution < 1.29 is 9.59 Å². The van der Waals surface area contributed by atoms with Crippen LogP contribution in [-0.4, -0.2) is 21.4 Å². The van der Waals surface area contributed by atoms with Gasteiger partial charge >= 0.3 is 0 Å². The minimum Gasteiger partial charge on any atom is -0.332 e. The molecule has 3 aromatic rings. The first kappa shape index (κ1) is 16.7. The quantitative estimate of drug-likeness (QED) is 0.746. The molecule has 0 saturated heterocycles. The highest BCUT2D eigenvalue weighted by Crippen LogP contribution is 2.22. The number of nitrogens with one attached hydrogen (secondary N) is 2. The van der Waals surface area contributed by atoms with Crippen molar-refractivity contribution in [1.82, 2.24) is 9.55 Å². The number of aromatic nitrogens is 2. The highest BCUT2D eigenvalue weighted by atomic mass is 16.2. The molecular formula is C19H20N4O2. The molecule has 2 amide bonds. The van der Waals surface area contributed by atoms with Gasteiger partial charge in [0.1, 0.15) is 5.65 Å². The molecule has 0 radical (unpaired) electrons. The molecule has 6 nitrogen and oxygen atoms in total. The first-order valence-electron chi connectivity index (χ1n) is 8.21. The summed E-state index contributed by atoms with van der Waals surface area (Å²) in [5.74, 6) is -0.312. The average molecular weight is 336 g/mol. The molecule has 2 aromatic heterocycles. The molecule has 0 fully saturated rings. The van der Waals surface area contributed by atoms with Gasteiger partial charge in [-0.15, -0.1) is 0 Å². The summed E-state index contributed by atoms with van der Waals surface area (Å²) in [6.07, 6.45) is 4.55. The number of hydrogen-bond acceptors (Lipinski definition) is 3. The summed E-state index contributed by atoms with van der Waals surface area (Å²) < 4.78 is 2.00. The van der Waals surface area contributed by atoms with Crippen molar-refractivity contribution in [3.8, 4) is 0 Å². The highest BCUT2D eigenvalue weighted by Gasteiger charge is 2.15. The van der Waals surface area contributed by atoms with Gasteiger partial charge in [0.2, 0.25) is 5.91 Å². The van der Waals surface area contributed by atoms with Crippen molar-refractivity contribution in [2.45, 2.75) is 26.8 Å². The minimum atomic E-state index is -0.180. The summed E-state index contributed by atoms with van der Waals surface area (Å²) in [4.78, 5) is 28.1. The summed E-state index contributed by atoms with van der Waals surface area (Å²) in [5, 5.41) is 6.43. The molecule has 0 spiro atoms. The van der Waals surface area contributed by atoms with Crippen LogP contribution in [-0.2, 0) is 11.3 Å². The molecule has 1 aromatic carbocycles. The van der Waals surface area contributed by atoms with E-state index >= 15 is 0 Å². The number of rotatable bonds is 5. The molecular weight excluding hydrogens is 316 g/mol. The van der Waals surface area contributed by atoms with Crippen LogP contribution < -0.4 is 10.6 Å². The van der Waals surface area contributed by atoms with Gasteiger partial charge in [-0.25, -0.2) is 4.98 Å². The van der Waals surface area contributed by atoms with Gasteiger partial charge in [0, 0.05) is 42.6 Å². The Morgan fingerprint density at radius 2 is 1.76 bits per heavy atom. The summed E-state index contributed by atoms with van der Waals surface area (Å²) in [6.45, 7) is 4.35. The number of amides is 2. The second-order valence-electron chi connectivity index (χ2n) is 5.82. The Bertz CT molecular complexity index is 913. The van der Waals surface area contributed by atoms with Crippen LogP contribution in [0.25, 0.3) is 11.0 Å². The lowest BCUT2D eigenvalue weighted by Gasteiger charge is -2.06. The second-order valence-corrected chi connectivity index (χ2v) is 5.82. The fourth-order valence-corrected chi connectivity index (χ4v) is 2.75. The Labute approximate surface area is 145 Å². The molecule has 0 saturated carbocycles. The van der Waals surface area contributed by atoms with E-state index in [0.29, 0.717) is 16.9 Å². The molecule has 0 atom stereocenters. The van der Waals surface area contributed by atoms with Crippen molar-refractivity contribution in [2.24, 2.45) is 0 Å². The first-order valence-corrected chi connectivity index (χ1v) is 8.21. The van der Waals surface area contributed by atoms with Gasteiger partial charge in [0.25, 0.3) is 5.91 Å². The molecule has 0 aliphatic carbocycles. The zero-order valence-corrected chi connectivity index (χ0v) is 14.2. The lowest BCUT2D eigenvalue weighted by molar-refractivity contribution is -0.114. The number of fused-ring (bicyclic) bond motifs is 1. The number of anilines is 2. The number of carbonyl (C=O) groups is 2. The van der Waals surface area contributed by atoms with Crippen LogP contribution in [0.15, 0.2) is 48.8 Å². The predicted molar refractivity (Wildman–Crippen MR) is 98.7 cm³/mol. The van der Waals surface area contributed by atoms with E-state index < -0.39 is 0 Å². The third-order valence-electron chi connectivity index (χ3n) is 3.81. The van der Waals surface area contributed by atoms with Crippen LogP contribution in [0.4, 0.5) is 11.4 Å². The highest BCUT2D eigenvalue weighted by molar-refractivity contribution is 6.12. The third kappa shape index (κ3) is 3.68. The average Bonchev–Trinajstić information content (AvgIpc) is 2.96. The fourth-order valence-electron chi connectivity index (χ4n) is 2.75. The summed E-state index contributed by atoms with van der Waals surface area (Å²) in [6, 6.07) is 10.7. The van der Waals surface area contributed by atoms with Gasteiger partial charge in [-0.3, -0.25) is 9.59 Å². The Balaban J connectivity index is 1.84. The van der Waals surface area contributed by atoms with E-state index in [1.54, 1.807) is 30.5 Å². The van der Waals surface area contributed by atoms with E-state index in [-0.39, 0.29) is 11.8 Å². The number of aryl methyl sites for hydroxylation is 1. The molecule has 0 unspecified atom stereocenters. The maximum absolute atomic E-state index is 12.7. The standard InChI is InChI=1S/C19H20N4O2/c1-3-11-23-12-17(16-5-4-10-20-18(16)23)19(25)22-15-8-6-14(7-9-15)21-13(2)24/h4-10,12H,3,11H2,1-2H3,(H,21,24)(H,22,25). The molecule has 25 heavy (non-hydrogen) atoms. The van der Waals surface area contributed by atoms with Crippen molar-refractivity contribution in [2.75, 3.05) is 10.6 Å². The van der Waals surface area contributed by atoms with Crippen LogP contribution in [0, 0.1) is 0 Å². The van der Waals surface area contributed by atoms with Gasteiger partial charge in [0.15, 0.2) is 0 Å². The lowest BCUT2D eigenvalue weighted by atomic mass is 10.2. The Morgan fingerprint density at radius 3 is 2.40 bits per heavy atom. The normalized spacial score (nSPS) is 10.6. The molecule has 2 heterocycles.